The van der Waals surface area contributed by atoms with Crippen molar-refractivity contribution in [2.45, 2.75) is 38.4 Å². The minimum Gasteiger partial charge on any atom is -0.348 e. The van der Waals surface area contributed by atoms with Crippen molar-refractivity contribution < 1.29 is 36.0 Å². The first-order valence-electron chi connectivity index (χ1n) is 12.1. The molecule has 0 saturated heterocycles. The Morgan fingerprint density at radius 3 is 2.12 bits per heavy atom. The van der Waals surface area contributed by atoms with E-state index in [0.717, 1.165) is 29.0 Å². The lowest BCUT2D eigenvalue weighted by Crippen LogP contribution is -2.44. The van der Waals surface area contributed by atoms with E-state index < -0.39 is 56.3 Å². The van der Waals surface area contributed by atoms with Gasteiger partial charge in [-0.1, -0.05) is 32.0 Å². The van der Waals surface area contributed by atoms with Gasteiger partial charge in [-0.25, -0.2) is 8.42 Å². The van der Waals surface area contributed by atoms with E-state index in [0.29, 0.717) is 11.6 Å². The SMILES string of the molecule is Cc1c(C(=O)NNC(=O)C(C)C)cc(C(=O)NCc2ccc(S(C)(=O)=O)cc2)c(=O)n1-c1cccc(C(F)(F)F)c1. The van der Waals surface area contributed by atoms with Gasteiger partial charge in [-0.2, -0.15) is 13.2 Å². The number of hydrogen-bond donors (Lipinski definition) is 3. The first kappa shape index (κ1) is 31.1. The maximum absolute atomic E-state index is 13.4. The van der Waals surface area contributed by atoms with Gasteiger partial charge in [0.25, 0.3) is 17.4 Å². The van der Waals surface area contributed by atoms with Crippen LogP contribution in [0, 0.1) is 12.8 Å². The van der Waals surface area contributed by atoms with E-state index in [2.05, 4.69) is 16.2 Å². The molecule has 3 rings (SSSR count). The average Bonchev–Trinajstić information content (AvgIpc) is 2.89. The molecule has 0 bridgehead atoms. The first-order valence-corrected chi connectivity index (χ1v) is 14.0. The maximum atomic E-state index is 13.4. The molecule has 0 atom stereocenters. The molecule has 14 heteroatoms. The van der Waals surface area contributed by atoms with E-state index in [4.69, 9.17) is 0 Å². The number of carbonyl (C=O) groups excluding carboxylic acids is 3. The summed E-state index contributed by atoms with van der Waals surface area (Å²) in [6.45, 7) is 4.34. The van der Waals surface area contributed by atoms with Gasteiger partial charge in [-0.15, -0.1) is 0 Å². The Hall–Kier alpha value is -4.46. The minimum atomic E-state index is -4.73. The molecule has 0 saturated carbocycles. The number of benzene rings is 2. The second-order valence-corrected chi connectivity index (χ2v) is 11.5. The lowest BCUT2D eigenvalue weighted by molar-refractivity contribution is -0.137. The number of hydrogen-bond acceptors (Lipinski definition) is 6. The molecule has 0 aliphatic rings. The predicted octanol–water partition coefficient (Wildman–Crippen LogP) is 2.92. The zero-order chi connectivity index (χ0) is 30.7. The van der Waals surface area contributed by atoms with Crippen LogP contribution in [-0.2, 0) is 27.4 Å². The van der Waals surface area contributed by atoms with Crippen LogP contribution in [0.1, 0.15) is 51.4 Å². The molecule has 10 nitrogen and oxygen atoms in total. The van der Waals surface area contributed by atoms with E-state index >= 15 is 0 Å². The monoisotopic (exact) mass is 592 g/mol. The van der Waals surface area contributed by atoms with Crippen LogP contribution in [0.25, 0.3) is 5.69 Å². The number of carbonyl (C=O) groups is 3. The largest absolute Gasteiger partial charge is 0.416 e. The number of sulfone groups is 1. The summed E-state index contributed by atoms with van der Waals surface area (Å²) in [5.74, 6) is -2.86. The lowest BCUT2D eigenvalue weighted by atomic mass is 10.1. The summed E-state index contributed by atoms with van der Waals surface area (Å²) < 4.78 is 64.3. The molecule has 41 heavy (non-hydrogen) atoms. The van der Waals surface area contributed by atoms with Crippen molar-refractivity contribution in [1.29, 1.82) is 0 Å². The number of alkyl halides is 3. The highest BCUT2D eigenvalue weighted by Gasteiger charge is 2.31. The highest BCUT2D eigenvalue weighted by Crippen LogP contribution is 2.30. The third-order valence-electron chi connectivity index (χ3n) is 6.00. The molecule has 0 aliphatic carbocycles. The summed E-state index contributed by atoms with van der Waals surface area (Å²) in [5, 5.41) is 2.50. The van der Waals surface area contributed by atoms with Gasteiger partial charge in [0.05, 0.1) is 16.0 Å². The molecular formula is C27H27F3N4O6S. The van der Waals surface area contributed by atoms with E-state index in [1.54, 1.807) is 13.8 Å². The molecule has 1 aromatic heterocycles. The summed E-state index contributed by atoms with van der Waals surface area (Å²) in [6, 6.07) is 10.4. The van der Waals surface area contributed by atoms with Gasteiger partial charge in [0.1, 0.15) is 5.56 Å². The van der Waals surface area contributed by atoms with E-state index in [-0.39, 0.29) is 28.4 Å². The summed E-state index contributed by atoms with van der Waals surface area (Å²) in [7, 11) is -3.44. The van der Waals surface area contributed by atoms with Crippen molar-refractivity contribution >= 4 is 27.6 Å². The number of nitrogens with one attached hydrogen (secondary N) is 3. The smallest absolute Gasteiger partial charge is 0.348 e. The number of amides is 3. The molecule has 1 heterocycles. The van der Waals surface area contributed by atoms with E-state index in [1.165, 1.54) is 37.3 Å². The summed E-state index contributed by atoms with van der Waals surface area (Å²) in [6.07, 6.45) is -3.69. The van der Waals surface area contributed by atoms with Crippen molar-refractivity contribution in [3.63, 3.8) is 0 Å². The standard InChI is InChI=1S/C27H27F3N4O6S/c1-15(2)23(35)32-33-25(37)21-13-22(24(36)31-14-17-8-10-20(11-9-17)41(4,39)40)26(38)34(16(21)3)19-7-5-6-18(12-19)27(28,29)30/h5-13,15H,14H2,1-4H3,(H,31,36)(H,32,35)(H,33,37). The molecule has 0 spiro atoms. The summed E-state index contributed by atoms with van der Waals surface area (Å²) in [5.41, 5.74) is 1.70. The molecule has 0 aliphatic heterocycles. The Kier molecular flexibility index (Phi) is 9.06. The summed E-state index contributed by atoms with van der Waals surface area (Å²) >= 11 is 0. The Labute approximate surface area is 233 Å². The quantitative estimate of drug-likeness (QED) is 0.360. The molecule has 3 aromatic rings. The molecule has 2 aromatic carbocycles. The van der Waals surface area contributed by atoms with Crippen molar-refractivity contribution in [2.24, 2.45) is 5.92 Å². The summed E-state index contributed by atoms with van der Waals surface area (Å²) in [4.78, 5) is 51.5. The zero-order valence-electron chi connectivity index (χ0n) is 22.4. The van der Waals surface area contributed by atoms with Gasteiger partial charge >= 0.3 is 6.18 Å². The number of rotatable bonds is 7. The molecule has 0 unspecified atom stereocenters. The topological polar surface area (TPSA) is 143 Å². The zero-order valence-corrected chi connectivity index (χ0v) is 23.2. The van der Waals surface area contributed by atoms with Crippen molar-refractivity contribution in [1.82, 2.24) is 20.7 Å². The Bertz CT molecular complexity index is 1660. The van der Waals surface area contributed by atoms with Crippen LogP contribution in [0.4, 0.5) is 13.2 Å². The van der Waals surface area contributed by atoms with Crippen LogP contribution in [-0.4, -0.2) is 37.0 Å². The van der Waals surface area contributed by atoms with Crippen LogP contribution < -0.4 is 21.7 Å². The average molecular weight is 593 g/mol. The third kappa shape index (κ3) is 7.39. The van der Waals surface area contributed by atoms with Crippen molar-refractivity contribution in [3.8, 4) is 5.69 Å². The first-order chi connectivity index (χ1) is 19.0. The fraction of sp³-hybridized carbons (Fsp3) is 0.259. The van der Waals surface area contributed by atoms with Crippen molar-refractivity contribution in [2.75, 3.05) is 6.26 Å². The highest BCUT2D eigenvalue weighted by molar-refractivity contribution is 7.90. The maximum Gasteiger partial charge on any atom is 0.416 e. The van der Waals surface area contributed by atoms with Gasteiger partial charge in [-0.05, 0) is 48.9 Å². The Morgan fingerprint density at radius 1 is 0.927 bits per heavy atom. The number of hydrazine groups is 1. The van der Waals surface area contributed by atoms with Crippen LogP contribution in [0.15, 0.2) is 64.3 Å². The number of pyridine rings is 1. The van der Waals surface area contributed by atoms with Crippen LogP contribution in [0.2, 0.25) is 0 Å². The second-order valence-electron chi connectivity index (χ2n) is 9.44. The van der Waals surface area contributed by atoms with E-state index in [1.807, 2.05) is 0 Å². The number of aromatic nitrogens is 1. The molecule has 3 amide bonds. The predicted molar refractivity (Wildman–Crippen MR) is 143 cm³/mol. The fourth-order valence-corrected chi connectivity index (χ4v) is 4.32. The number of halogens is 3. The van der Waals surface area contributed by atoms with E-state index in [9.17, 15) is 40.8 Å². The lowest BCUT2D eigenvalue weighted by Gasteiger charge is -2.18. The van der Waals surface area contributed by atoms with Gasteiger partial charge in [-0.3, -0.25) is 34.6 Å². The van der Waals surface area contributed by atoms with Crippen LogP contribution >= 0.6 is 0 Å². The number of nitrogens with zero attached hydrogens (tertiary/aromatic N) is 1. The molecule has 3 N–H and O–H groups in total. The van der Waals surface area contributed by atoms with Crippen molar-refractivity contribution in [3.05, 3.63) is 92.9 Å². The fourth-order valence-electron chi connectivity index (χ4n) is 3.69. The molecule has 0 radical (unpaired) electrons. The highest BCUT2D eigenvalue weighted by atomic mass is 32.2. The molecule has 218 valence electrons. The Balaban J connectivity index is 2.05. The second kappa shape index (κ2) is 12.0. The van der Waals surface area contributed by atoms with Gasteiger partial charge in [0.2, 0.25) is 5.91 Å². The van der Waals surface area contributed by atoms with Crippen LogP contribution in [0.5, 0.6) is 0 Å². The van der Waals surface area contributed by atoms with Gasteiger partial charge < -0.3 is 5.32 Å². The van der Waals surface area contributed by atoms with Gasteiger partial charge in [0.15, 0.2) is 9.84 Å². The molecular weight excluding hydrogens is 565 g/mol. The normalized spacial score (nSPS) is 11.7. The molecule has 0 fully saturated rings. The Morgan fingerprint density at radius 2 is 1.56 bits per heavy atom. The third-order valence-corrected chi connectivity index (χ3v) is 7.12. The van der Waals surface area contributed by atoms with Gasteiger partial charge in [0, 0.05) is 30.1 Å². The van der Waals surface area contributed by atoms with Crippen LogP contribution in [0.3, 0.4) is 0 Å². The minimum absolute atomic E-state index is 0.0651.